The average Bonchev–Trinajstić information content (AvgIpc) is 2.87. The maximum Gasteiger partial charge on any atom is 0.387 e. The van der Waals surface area contributed by atoms with Gasteiger partial charge in [-0.1, -0.05) is 18.2 Å². The van der Waals surface area contributed by atoms with Crippen LogP contribution < -0.4 is 4.74 Å². The van der Waals surface area contributed by atoms with Crippen LogP contribution in [0, 0.1) is 0 Å². The molecule has 0 aliphatic carbocycles. The van der Waals surface area contributed by atoms with Gasteiger partial charge in [0.15, 0.2) is 0 Å². The predicted molar refractivity (Wildman–Crippen MR) is 77.1 cm³/mol. The minimum Gasteiger partial charge on any atom is -0.434 e. The van der Waals surface area contributed by atoms with E-state index in [1.807, 2.05) is 19.1 Å². The fourth-order valence-corrected chi connectivity index (χ4v) is 3.35. The molecule has 2 atom stereocenters. The molecule has 1 spiro atoms. The van der Waals surface area contributed by atoms with Crippen molar-refractivity contribution in [1.82, 2.24) is 4.90 Å². The van der Waals surface area contributed by atoms with Crippen molar-refractivity contribution in [2.75, 3.05) is 26.3 Å². The Bertz CT molecular complexity index is 506. The summed E-state index contributed by atoms with van der Waals surface area (Å²) in [4.78, 5) is 2.23. The Labute approximate surface area is 129 Å². The Morgan fingerprint density at radius 1 is 1.41 bits per heavy atom. The largest absolute Gasteiger partial charge is 0.434 e. The first-order valence-corrected chi connectivity index (χ1v) is 7.57. The number of morpholine rings is 1. The van der Waals surface area contributed by atoms with E-state index in [-0.39, 0.29) is 17.5 Å². The molecule has 1 aromatic rings. The molecule has 0 bridgehead atoms. The number of hydrogen-bond acceptors (Lipinski definition) is 4. The normalized spacial score (nSPS) is 29.4. The molecular weight excluding hydrogens is 292 g/mol. The number of rotatable bonds is 4. The molecule has 0 radical (unpaired) electrons. The van der Waals surface area contributed by atoms with E-state index in [1.165, 1.54) is 0 Å². The molecule has 0 saturated carbocycles. The van der Waals surface area contributed by atoms with Crippen molar-refractivity contribution in [2.24, 2.45) is 0 Å². The molecule has 2 aliphatic heterocycles. The highest BCUT2D eigenvalue weighted by atomic mass is 19.3. The van der Waals surface area contributed by atoms with E-state index in [2.05, 4.69) is 9.64 Å². The molecular formula is C16H21F2NO3. The summed E-state index contributed by atoms with van der Waals surface area (Å²) in [6.45, 7) is 2.63. The number of benzene rings is 1. The number of halogens is 2. The Morgan fingerprint density at radius 3 is 2.95 bits per heavy atom. The second-order valence-electron chi connectivity index (χ2n) is 6.07. The fourth-order valence-electron chi connectivity index (χ4n) is 3.35. The first-order valence-electron chi connectivity index (χ1n) is 7.57. The Hall–Kier alpha value is -1.24. The molecule has 0 aromatic heterocycles. The van der Waals surface area contributed by atoms with Gasteiger partial charge in [0.05, 0.1) is 12.7 Å². The molecule has 2 fully saturated rings. The second kappa shape index (κ2) is 6.48. The summed E-state index contributed by atoms with van der Waals surface area (Å²) in [5.41, 5.74) is 0.516. The van der Waals surface area contributed by atoms with E-state index in [9.17, 15) is 8.78 Å². The zero-order valence-corrected chi connectivity index (χ0v) is 12.6. The van der Waals surface area contributed by atoms with Crippen molar-refractivity contribution >= 4 is 0 Å². The van der Waals surface area contributed by atoms with Gasteiger partial charge in [0.25, 0.3) is 0 Å². The summed E-state index contributed by atoms with van der Waals surface area (Å²) in [7, 11) is 0. The van der Waals surface area contributed by atoms with Gasteiger partial charge in [0, 0.05) is 38.2 Å². The van der Waals surface area contributed by atoms with Gasteiger partial charge in [-0.15, -0.1) is 0 Å². The quantitative estimate of drug-likeness (QED) is 0.855. The number of para-hydroxylation sites is 1. The molecule has 3 rings (SSSR count). The molecule has 2 heterocycles. The summed E-state index contributed by atoms with van der Waals surface area (Å²) in [6.07, 6.45) is 0.974. The van der Waals surface area contributed by atoms with Crippen LogP contribution in [0.3, 0.4) is 0 Å². The third kappa shape index (κ3) is 3.56. The number of ether oxygens (including phenoxy) is 3. The first kappa shape index (κ1) is 15.6. The topological polar surface area (TPSA) is 30.9 Å². The van der Waals surface area contributed by atoms with Crippen LogP contribution in [0.25, 0.3) is 0 Å². The molecule has 0 amide bonds. The van der Waals surface area contributed by atoms with Gasteiger partial charge in [-0.3, -0.25) is 4.90 Å². The average molecular weight is 313 g/mol. The Balaban J connectivity index is 1.72. The zero-order valence-electron chi connectivity index (χ0n) is 12.6. The Morgan fingerprint density at radius 2 is 2.23 bits per heavy atom. The van der Waals surface area contributed by atoms with Crippen LogP contribution in [0.15, 0.2) is 24.3 Å². The van der Waals surface area contributed by atoms with Gasteiger partial charge in [0.1, 0.15) is 11.4 Å². The molecule has 0 N–H and O–H groups in total. The summed E-state index contributed by atoms with van der Waals surface area (Å²) >= 11 is 0. The highest BCUT2D eigenvalue weighted by Gasteiger charge is 2.42. The molecule has 2 saturated heterocycles. The van der Waals surface area contributed by atoms with Crippen molar-refractivity contribution in [3.05, 3.63) is 29.8 Å². The van der Waals surface area contributed by atoms with Gasteiger partial charge in [-0.05, 0) is 13.0 Å². The lowest BCUT2D eigenvalue weighted by Crippen LogP contribution is -2.55. The van der Waals surface area contributed by atoms with Crippen LogP contribution in [0.5, 0.6) is 5.75 Å². The number of alkyl halides is 2. The van der Waals surface area contributed by atoms with Gasteiger partial charge in [0.2, 0.25) is 0 Å². The van der Waals surface area contributed by atoms with Gasteiger partial charge in [-0.2, -0.15) is 8.78 Å². The van der Waals surface area contributed by atoms with E-state index < -0.39 is 6.61 Å². The highest BCUT2D eigenvalue weighted by Crippen LogP contribution is 2.31. The number of nitrogens with zero attached hydrogens (tertiary/aromatic N) is 1. The maximum atomic E-state index is 12.5. The Kier molecular flexibility index (Phi) is 4.61. The van der Waals surface area contributed by atoms with Crippen molar-refractivity contribution in [1.29, 1.82) is 0 Å². The summed E-state index contributed by atoms with van der Waals surface area (Å²) in [5, 5.41) is 0. The van der Waals surface area contributed by atoms with E-state index in [0.717, 1.165) is 25.1 Å². The maximum absolute atomic E-state index is 12.5. The lowest BCUT2D eigenvalue weighted by atomic mass is 9.99. The first-order chi connectivity index (χ1) is 10.6. The summed E-state index contributed by atoms with van der Waals surface area (Å²) < 4.78 is 41.2. The van der Waals surface area contributed by atoms with Crippen LogP contribution >= 0.6 is 0 Å². The molecule has 6 heteroatoms. The minimum absolute atomic E-state index is 0.0960. The molecule has 22 heavy (non-hydrogen) atoms. The SMILES string of the molecule is C[C@@H]1CN(Cc2ccccc2OC(F)F)C[C@@]2(CCOC2)O1. The van der Waals surface area contributed by atoms with E-state index in [1.54, 1.807) is 12.1 Å². The van der Waals surface area contributed by atoms with E-state index in [4.69, 9.17) is 9.47 Å². The second-order valence-corrected chi connectivity index (χ2v) is 6.07. The van der Waals surface area contributed by atoms with E-state index in [0.29, 0.717) is 19.8 Å². The van der Waals surface area contributed by atoms with Gasteiger partial charge < -0.3 is 14.2 Å². The van der Waals surface area contributed by atoms with Crippen LogP contribution in [0.4, 0.5) is 8.78 Å². The molecule has 122 valence electrons. The smallest absolute Gasteiger partial charge is 0.387 e. The fraction of sp³-hybridized carbons (Fsp3) is 0.625. The number of hydrogen-bond donors (Lipinski definition) is 0. The zero-order chi connectivity index (χ0) is 15.6. The molecule has 0 unspecified atom stereocenters. The lowest BCUT2D eigenvalue weighted by molar-refractivity contribution is -0.149. The highest BCUT2D eigenvalue weighted by molar-refractivity contribution is 5.33. The molecule has 4 nitrogen and oxygen atoms in total. The van der Waals surface area contributed by atoms with Crippen LogP contribution in [0.2, 0.25) is 0 Å². The van der Waals surface area contributed by atoms with Crippen LogP contribution in [0.1, 0.15) is 18.9 Å². The lowest BCUT2D eigenvalue weighted by Gasteiger charge is -2.43. The van der Waals surface area contributed by atoms with Crippen molar-refractivity contribution in [3.63, 3.8) is 0 Å². The minimum atomic E-state index is -2.81. The summed E-state index contributed by atoms with van der Waals surface area (Å²) in [6, 6.07) is 6.96. The molecule has 2 aliphatic rings. The van der Waals surface area contributed by atoms with Crippen molar-refractivity contribution in [3.8, 4) is 5.75 Å². The van der Waals surface area contributed by atoms with E-state index >= 15 is 0 Å². The van der Waals surface area contributed by atoms with Crippen molar-refractivity contribution in [2.45, 2.75) is 38.2 Å². The van der Waals surface area contributed by atoms with Crippen molar-refractivity contribution < 1.29 is 23.0 Å². The van der Waals surface area contributed by atoms with Gasteiger partial charge >= 0.3 is 6.61 Å². The van der Waals surface area contributed by atoms with Crippen LogP contribution in [-0.2, 0) is 16.0 Å². The monoisotopic (exact) mass is 313 g/mol. The third-order valence-corrected chi connectivity index (χ3v) is 4.13. The van der Waals surface area contributed by atoms with Crippen LogP contribution in [-0.4, -0.2) is 49.5 Å². The standard InChI is InChI=1S/C16H21F2NO3/c1-12-8-19(10-16(22-12)6-7-20-11-16)9-13-4-2-3-5-14(13)21-15(17)18/h2-5,12,15H,6-11H2,1H3/t12-,16-/m1/s1. The predicted octanol–water partition coefficient (Wildman–Crippen LogP) is 2.67. The summed E-state index contributed by atoms with van der Waals surface area (Å²) in [5.74, 6) is 0.244. The van der Waals surface area contributed by atoms with Gasteiger partial charge in [-0.25, -0.2) is 0 Å². The third-order valence-electron chi connectivity index (χ3n) is 4.13. The molecule has 1 aromatic carbocycles.